The van der Waals surface area contributed by atoms with Crippen molar-refractivity contribution in [1.29, 1.82) is 0 Å². The van der Waals surface area contributed by atoms with E-state index in [0.717, 1.165) is 16.7 Å². The minimum absolute atomic E-state index is 0.217. The Bertz CT molecular complexity index is 537. The van der Waals surface area contributed by atoms with E-state index in [0.29, 0.717) is 13.0 Å². The number of ether oxygens (including phenoxy) is 1. The van der Waals surface area contributed by atoms with E-state index < -0.39 is 6.10 Å². The molecule has 0 spiro atoms. The van der Waals surface area contributed by atoms with Crippen LogP contribution in [0.5, 0.6) is 5.75 Å². The second kappa shape index (κ2) is 6.36. The van der Waals surface area contributed by atoms with E-state index in [1.807, 2.05) is 30.3 Å². The molecule has 0 aromatic heterocycles. The van der Waals surface area contributed by atoms with Gasteiger partial charge >= 0.3 is 0 Å². The van der Waals surface area contributed by atoms with Crippen LogP contribution in [0.4, 0.5) is 0 Å². The number of aliphatic hydroxyl groups is 1. The third-order valence-electron chi connectivity index (χ3n) is 3.05. The van der Waals surface area contributed by atoms with Crippen LogP contribution in [0, 0.1) is 0 Å². The normalized spacial score (nSPS) is 12.3. The van der Waals surface area contributed by atoms with Gasteiger partial charge in [-0.25, -0.2) is 0 Å². The summed E-state index contributed by atoms with van der Waals surface area (Å²) >= 11 is 0. The fraction of sp³-hybridized carbons (Fsp3) is 0.250. The number of methoxy groups -OCH3 is 1. The SMILES string of the molecule is COCc1ccccc1C(O)Cc1cccc(O)c1. The summed E-state index contributed by atoms with van der Waals surface area (Å²) in [4.78, 5) is 0. The molecule has 3 heteroatoms. The van der Waals surface area contributed by atoms with Gasteiger partial charge in [-0.1, -0.05) is 36.4 Å². The van der Waals surface area contributed by atoms with E-state index in [1.165, 1.54) is 0 Å². The van der Waals surface area contributed by atoms with Crippen molar-refractivity contribution >= 4 is 0 Å². The predicted molar refractivity (Wildman–Crippen MR) is 73.9 cm³/mol. The van der Waals surface area contributed by atoms with Crippen molar-refractivity contribution < 1.29 is 14.9 Å². The van der Waals surface area contributed by atoms with Crippen LogP contribution in [0.3, 0.4) is 0 Å². The zero-order valence-corrected chi connectivity index (χ0v) is 10.9. The summed E-state index contributed by atoms with van der Waals surface area (Å²) in [7, 11) is 1.64. The number of aliphatic hydroxyl groups excluding tert-OH is 1. The van der Waals surface area contributed by atoms with E-state index in [-0.39, 0.29) is 5.75 Å². The highest BCUT2D eigenvalue weighted by Gasteiger charge is 2.12. The molecule has 1 unspecified atom stereocenters. The molecule has 2 aromatic carbocycles. The number of benzene rings is 2. The average molecular weight is 258 g/mol. The molecule has 1 atom stereocenters. The van der Waals surface area contributed by atoms with Crippen molar-refractivity contribution in [2.45, 2.75) is 19.1 Å². The molecule has 100 valence electrons. The quantitative estimate of drug-likeness (QED) is 0.867. The monoisotopic (exact) mass is 258 g/mol. The van der Waals surface area contributed by atoms with Crippen LogP contribution >= 0.6 is 0 Å². The van der Waals surface area contributed by atoms with Gasteiger partial charge in [0, 0.05) is 13.5 Å². The molecule has 0 bridgehead atoms. The molecule has 0 saturated heterocycles. The van der Waals surface area contributed by atoms with E-state index >= 15 is 0 Å². The van der Waals surface area contributed by atoms with Gasteiger partial charge < -0.3 is 14.9 Å². The fourth-order valence-electron chi connectivity index (χ4n) is 2.16. The Morgan fingerprint density at radius 1 is 1.11 bits per heavy atom. The van der Waals surface area contributed by atoms with Crippen molar-refractivity contribution in [3.8, 4) is 5.75 Å². The lowest BCUT2D eigenvalue weighted by atomic mass is 9.97. The van der Waals surface area contributed by atoms with Gasteiger partial charge in [0.05, 0.1) is 12.7 Å². The Kier molecular flexibility index (Phi) is 4.55. The van der Waals surface area contributed by atoms with Gasteiger partial charge in [-0.2, -0.15) is 0 Å². The van der Waals surface area contributed by atoms with Crippen LogP contribution in [0.2, 0.25) is 0 Å². The number of aromatic hydroxyl groups is 1. The van der Waals surface area contributed by atoms with Gasteiger partial charge in [0.2, 0.25) is 0 Å². The molecule has 3 nitrogen and oxygen atoms in total. The van der Waals surface area contributed by atoms with E-state index in [4.69, 9.17) is 4.74 Å². The topological polar surface area (TPSA) is 49.7 Å². The standard InChI is InChI=1S/C16H18O3/c1-19-11-13-6-2-3-8-15(13)16(18)10-12-5-4-7-14(17)9-12/h2-9,16-18H,10-11H2,1H3. The summed E-state index contributed by atoms with van der Waals surface area (Å²) < 4.78 is 5.14. The highest BCUT2D eigenvalue weighted by molar-refractivity contribution is 5.32. The molecule has 0 saturated carbocycles. The molecule has 0 fully saturated rings. The van der Waals surface area contributed by atoms with Gasteiger partial charge in [-0.15, -0.1) is 0 Å². The van der Waals surface area contributed by atoms with Crippen LogP contribution in [-0.2, 0) is 17.8 Å². The summed E-state index contributed by atoms with van der Waals surface area (Å²) in [5.41, 5.74) is 2.75. The van der Waals surface area contributed by atoms with Crippen molar-refractivity contribution in [3.05, 3.63) is 65.2 Å². The lowest BCUT2D eigenvalue weighted by molar-refractivity contribution is 0.161. The molecule has 0 aliphatic heterocycles. The molecule has 0 aliphatic rings. The molecule has 2 rings (SSSR count). The first-order valence-corrected chi connectivity index (χ1v) is 6.23. The van der Waals surface area contributed by atoms with Crippen LogP contribution in [-0.4, -0.2) is 17.3 Å². The molecule has 0 amide bonds. The van der Waals surface area contributed by atoms with Gasteiger partial charge in [-0.05, 0) is 28.8 Å². The first-order valence-electron chi connectivity index (χ1n) is 6.23. The highest BCUT2D eigenvalue weighted by Crippen LogP contribution is 2.23. The highest BCUT2D eigenvalue weighted by atomic mass is 16.5. The lowest BCUT2D eigenvalue weighted by Crippen LogP contribution is -2.06. The summed E-state index contributed by atoms with van der Waals surface area (Å²) in [6.07, 6.45) is -0.136. The third kappa shape index (κ3) is 3.56. The van der Waals surface area contributed by atoms with Crippen LogP contribution < -0.4 is 0 Å². The number of hydrogen-bond donors (Lipinski definition) is 2. The van der Waals surface area contributed by atoms with Crippen molar-refractivity contribution in [1.82, 2.24) is 0 Å². The second-order valence-electron chi connectivity index (χ2n) is 4.52. The smallest absolute Gasteiger partial charge is 0.115 e. The van der Waals surface area contributed by atoms with Gasteiger partial charge in [0.25, 0.3) is 0 Å². The van der Waals surface area contributed by atoms with Crippen molar-refractivity contribution in [2.75, 3.05) is 7.11 Å². The minimum Gasteiger partial charge on any atom is -0.508 e. The summed E-state index contributed by atoms with van der Waals surface area (Å²) in [5, 5.41) is 19.8. The molecule has 0 aliphatic carbocycles. The fourth-order valence-corrected chi connectivity index (χ4v) is 2.16. The molecular formula is C16H18O3. The lowest BCUT2D eigenvalue weighted by Gasteiger charge is -2.15. The Morgan fingerprint density at radius 2 is 1.89 bits per heavy atom. The molecular weight excluding hydrogens is 240 g/mol. The van der Waals surface area contributed by atoms with E-state index in [9.17, 15) is 10.2 Å². The average Bonchev–Trinajstić information content (AvgIpc) is 2.39. The predicted octanol–water partition coefficient (Wildman–Crippen LogP) is 2.81. The Morgan fingerprint density at radius 3 is 2.63 bits per heavy atom. The third-order valence-corrected chi connectivity index (χ3v) is 3.05. The number of hydrogen-bond acceptors (Lipinski definition) is 3. The number of phenols is 1. The zero-order valence-electron chi connectivity index (χ0n) is 10.9. The summed E-state index contributed by atoms with van der Waals surface area (Å²) in [6, 6.07) is 14.6. The van der Waals surface area contributed by atoms with Crippen LogP contribution in [0.1, 0.15) is 22.8 Å². The van der Waals surface area contributed by atoms with Gasteiger partial charge in [-0.3, -0.25) is 0 Å². The Hall–Kier alpha value is -1.84. The van der Waals surface area contributed by atoms with E-state index in [2.05, 4.69) is 0 Å². The molecule has 19 heavy (non-hydrogen) atoms. The van der Waals surface area contributed by atoms with E-state index in [1.54, 1.807) is 25.3 Å². The van der Waals surface area contributed by atoms with Crippen molar-refractivity contribution in [3.63, 3.8) is 0 Å². The maximum Gasteiger partial charge on any atom is 0.115 e. The maximum atomic E-state index is 10.3. The number of phenolic OH excluding ortho intramolecular Hbond substituents is 1. The van der Waals surface area contributed by atoms with Crippen molar-refractivity contribution in [2.24, 2.45) is 0 Å². The first kappa shape index (κ1) is 13.6. The minimum atomic E-state index is -0.604. The molecule has 0 radical (unpaired) electrons. The van der Waals surface area contributed by atoms with Crippen LogP contribution in [0.15, 0.2) is 48.5 Å². The molecule has 2 N–H and O–H groups in total. The number of rotatable bonds is 5. The first-order chi connectivity index (χ1) is 9.20. The van der Waals surface area contributed by atoms with Gasteiger partial charge in [0.15, 0.2) is 0 Å². The maximum absolute atomic E-state index is 10.3. The second-order valence-corrected chi connectivity index (χ2v) is 4.52. The summed E-state index contributed by atoms with van der Waals surface area (Å²) in [5.74, 6) is 0.217. The Balaban J connectivity index is 2.17. The summed E-state index contributed by atoms with van der Waals surface area (Å²) in [6.45, 7) is 0.479. The van der Waals surface area contributed by atoms with Gasteiger partial charge in [0.1, 0.15) is 5.75 Å². The zero-order chi connectivity index (χ0) is 13.7. The Labute approximate surface area is 113 Å². The molecule has 2 aromatic rings. The largest absolute Gasteiger partial charge is 0.508 e. The molecule has 0 heterocycles. The van der Waals surface area contributed by atoms with Crippen LogP contribution in [0.25, 0.3) is 0 Å².